The molecule has 1 N–H and O–H groups in total. The van der Waals surface area contributed by atoms with Crippen LogP contribution in [0.4, 0.5) is 0 Å². The summed E-state index contributed by atoms with van der Waals surface area (Å²) in [5.41, 5.74) is 0. The van der Waals surface area contributed by atoms with Gasteiger partial charge >= 0.3 is 0 Å². The van der Waals surface area contributed by atoms with E-state index in [1.807, 2.05) is 11.3 Å². The van der Waals surface area contributed by atoms with Crippen molar-refractivity contribution in [3.8, 4) is 0 Å². The van der Waals surface area contributed by atoms with Crippen molar-refractivity contribution in [2.75, 3.05) is 0 Å². The molecule has 2 heteroatoms. The van der Waals surface area contributed by atoms with Crippen LogP contribution in [-0.4, -0.2) is 6.04 Å². The zero-order chi connectivity index (χ0) is 9.80. The summed E-state index contributed by atoms with van der Waals surface area (Å²) in [5, 5.41) is 5.79. The highest BCUT2D eigenvalue weighted by Gasteiger charge is 2.12. The Labute approximate surface area is 89.8 Å². The Kier molecular flexibility index (Phi) is 3.38. The zero-order valence-electron chi connectivity index (χ0n) is 8.57. The second kappa shape index (κ2) is 4.76. The summed E-state index contributed by atoms with van der Waals surface area (Å²) in [7, 11) is 0. The molecule has 0 aliphatic heterocycles. The summed E-state index contributed by atoms with van der Waals surface area (Å²) in [5.74, 6) is 0. The second-order valence-corrected chi connectivity index (χ2v) is 4.85. The Hall–Kier alpha value is -0.600. The quantitative estimate of drug-likeness (QED) is 0.748. The van der Waals surface area contributed by atoms with Crippen LogP contribution in [0.5, 0.6) is 0 Å². The third kappa shape index (κ3) is 2.46. The molecule has 1 aliphatic rings. The zero-order valence-corrected chi connectivity index (χ0v) is 9.39. The Balaban J connectivity index is 1.91. The molecular formula is C12H17NS. The van der Waals surface area contributed by atoms with Crippen LogP contribution in [0.2, 0.25) is 0 Å². The molecule has 1 heterocycles. The SMILES string of the molecule is CC(NC1C=CCCC1)c1cccs1. The van der Waals surface area contributed by atoms with Crippen LogP contribution in [0.15, 0.2) is 29.7 Å². The number of hydrogen-bond donors (Lipinski definition) is 1. The van der Waals surface area contributed by atoms with Crippen LogP contribution >= 0.6 is 11.3 Å². The molecule has 14 heavy (non-hydrogen) atoms. The van der Waals surface area contributed by atoms with Crippen LogP contribution in [0.1, 0.15) is 37.1 Å². The predicted molar refractivity (Wildman–Crippen MR) is 62.6 cm³/mol. The Morgan fingerprint density at radius 3 is 3.14 bits per heavy atom. The van der Waals surface area contributed by atoms with E-state index in [-0.39, 0.29) is 0 Å². The molecule has 1 aromatic rings. The van der Waals surface area contributed by atoms with Crippen molar-refractivity contribution in [3.05, 3.63) is 34.5 Å². The van der Waals surface area contributed by atoms with E-state index in [2.05, 4.69) is 41.9 Å². The Morgan fingerprint density at radius 1 is 1.57 bits per heavy atom. The molecule has 2 rings (SSSR count). The monoisotopic (exact) mass is 207 g/mol. The van der Waals surface area contributed by atoms with Crippen LogP contribution in [0.25, 0.3) is 0 Å². The maximum atomic E-state index is 3.64. The van der Waals surface area contributed by atoms with Crippen LogP contribution in [0, 0.1) is 0 Å². The van der Waals surface area contributed by atoms with E-state index >= 15 is 0 Å². The fraction of sp³-hybridized carbons (Fsp3) is 0.500. The highest BCUT2D eigenvalue weighted by Crippen LogP contribution is 2.20. The molecule has 2 unspecified atom stereocenters. The minimum absolute atomic E-state index is 0.489. The molecule has 0 saturated heterocycles. The summed E-state index contributed by atoms with van der Waals surface area (Å²) >= 11 is 1.83. The van der Waals surface area contributed by atoms with Crippen molar-refractivity contribution in [1.82, 2.24) is 5.32 Å². The molecule has 76 valence electrons. The summed E-state index contributed by atoms with van der Waals surface area (Å²) in [6.07, 6.45) is 8.47. The van der Waals surface area contributed by atoms with Crippen LogP contribution in [0.3, 0.4) is 0 Å². The number of nitrogens with one attached hydrogen (secondary N) is 1. The van der Waals surface area contributed by atoms with E-state index in [4.69, 9.17) is 0 Å². The van der Waals surface area contributed by atoms with E-state index in [1.165, 1.54) is 24.1 Å². The Bertz CT molecular complexity index is 289. The molecule has 0 aromatic carbocycles. The molecular weight excluding hydrogens is 190 g/mol. The molecule has 0 bridgehead atoms. The Morgan fingerprint density at radius 2 is 2.50 bits per heavy atom. The summed E-state index contributed by atoms with van der Waals surface area (Å²) in [4.78, 5) is 1.43. The maximum absolute atomic E-state index is 3.64. The average Bonchev–Trinajstić information content (AvgIpc) is 2.72. The van der Waals surface area contributed by atoms with E-state index in [1.54, 1.807) is 0 Å². The van der Waals surface area contributed by atoms with Crippen LogP contribution < -0.4 is 5.32 Å². The molecule has 1 aliphatic carbocycles. The van der Waals surface area contributed by atoms with E-state index in [0.717, 1.165) is 0 Å². The molecule has 0 radical (unpaired) electrons. The van der Waals surface area contributed by atoms with Crippen molar-refractivity contribution < 1.29 is 0 Å². The third-order valence-electron chi connectivity index (χ3n) is 2.69. The molecule has 0 amide bonds. The fourth-order valence-electron chi connectivity index (χ4n) is 1.89. The lowest BCUT2D eigenvalue weighted by Gasteiger charge is -2.22. The van der Waals surface area contributed by atoms with Gasteiger partial charge in [0.15, 0.2) is 0 Å². The molecule has 0 fully saturated rings. The molecule has 1 aromatic heterocycles. The summed E-state index contributed by atoms with van der Waals surface area (Å²) in [6, 6.07) is 5.40. The molecule has 1 nitrogen and oxygen atoms in total. The third-order valence-corrected chi connectivity index (χ3v) is 3.74. The van der Waals surface area contributed by atoms with Crippen molar-refractivity contribution in [3.63, 3.8) is 0 Å². The van der Waals surface area contributed by atoms with Gasteiger partial charge in [0, 0.05) is 17.0 Å². The smallest absolute Gasteiger partial charge is 0.0390 e. The fourth-order valence-corrected chi connectivity index (χ4v) is 2.64. The van der Waals surface area contributed by atoms with Crippen molar-refractivity contribution >= 4 is 11.3 Å². The molecule has 0 spiro atoms. The largest absolute Gasteiger partial charge is 0.303 e. The average molecular weight is 207 g/mol. The van der Waals surface area contributed by atoms with Gasteiger partial charge in [0.1, 0.15) is 0 Å². The summed E-state index contributed by atoms with van der Waals surface area (Å²) in [6.45, 7) is 2.24. The van der Waals surface area contributed by atoms with E-state index in [9.17, 15) is 0 Å². The molecule has 0 saturated carbocycles. The maximum Gasteiger partial charge on any atom is 0.0390 e. The lowest BCUT2D eigenvalue weighted by Crippen LogP contribution is -2.30. The lowest BCUT2D eigenvalue weighted by atomic mass is 10.0. The van der Waals surface area contributed by atoms with Gasteiger partial charge in [0.25, 0.3) is 0 Å². The van der Waals surface area contributed by atoms with Crippen molar-refractivity contribution in [2.45, 2.75) is 38.3 Å². The van der Waals surface area contributed by atoms with Gasteiger partial charge in [-0.3, -0.25) is 0 Å². The lowest BCUT2D eigenvalue weighted by molar-refractivity contribution is 0.471. The first-order valence-corrected chi connectivity index (χ1v) is 6.20. The molecule has 2 atom stereocenters. The van der Waals surface area contributed by atoms with Gasteiger partial charge in [-0.05, 0) is 37.6 Å². The summed E-state index contributed by atoms with van der Waals surface area (Å²) < 4.78 is 0. The van der Waals surface area contributed by atoms with Gasteiger partial charge in [0.2, 0.25) is 0 Å². The van der Waals surface area contributed by atoms with Crippen LogP contribution in [-0.2, 0) is 0 Å². The van der Waals surface area contributed by atoms with Gasteiger partial charge in [-0.2, -0.15) is 0 Å². The van der Waals surface area contributed by atoms with Crippen molar-refractivity contribution in [2.24, 2.45) is 0 Å². The number of thiophene rings is 1. The highest BCUT2D eigenvalue weighted by atomic mass is 32.1. The number of rotatable bonds is 3. The standard InChI is InChI=1S/C12H17NS/c1-10(12-8-5-9-14-12)13-11-6-3-2-4-7-11/h3,5-6,8-11,13H,2,4,7H2,1H3. The highest BCUT2D eigenvalue weighted by molar-refractivity contribution is 7.10. The second-order valence-electron chi connectivity index (χ2n) is 3.87. The topological polar surface area (TPSA) is 12.0 Å². The number of allylic oxidation sites excluding steroid dienone is 1. The van der Waals surface area contributed by atoms with E-state index < -0.39 is 0 Å². The predicted octanol–water partition coefficient (Wildman–Crippen LogP) is 3.51. The van der Waals surface area contributed by atoms with Gasteiger partial charge < -0.3 is 5.32 Å². The first kappa shape index (κ1) is 9.94. The first-order chi connectivity index (χ1) is 6.86. The van der Waals surface area contributed by atoms with E-state index in [0.29, 0.717) is 12.1 Å². The minimum atomic E-state index is 0.489. The van der Waals surface area contributed by atoms with Crippen molar-refractivity contribution in [1.29, 1.82) is 0 Å². The first-order valence-electron chi connectivity index (χ1n) is 5.32. The number of hydrogen-bond acceptors (Lipinski definition) is 2. The van der Waals surface area contributed by atoms with Gasteiger partial charge in [0.05, 0.1) is 0 Å². The van der Waals surface area contributed by atoms with Gasteiger partial charge in [-0.25, -0.2) is 0 Å². The van der Waals surface area contributed by atoms with Gasteiger partial charge in [-0.15, -0.1) is 11.3 Å². The minimum Gasteiger partial charge on any atom is -0.303 e. The normalized spacial score (nSPS) is 23.6. The van der Waals surface area contributed by atoms with Gasteiger partial charge in [-0.1, -0.05) is 18.2 Å².